The van der Waals surface area contributed by atoms with E-state index in [-0.39, 0.29) is 11.0 Å². The quantitative estimate of drug-likeness (QED) is 0.742. The maximum Gasteiger partial charge on any atom is 0.261 e. The lowest BCUT2D eigenvalue weighted by molar-refractivity contribution is 0.102. The van der Waals surface area contributed by atoms with Gasteiger partial charge < -0.3 is 9.88 Å². The molecule has 0 saturated heterocycles. The van der Waals surface area contributed by atoms with Crippen molar-refractivity contribution in [2.24, 2.45) is 0 Å². The van der Waals surface area contributed by atoms with Crippen molar-refractivity contribution < 1.29 is 4.79 Å². The second kappa shape index (κ2) is 6.67. The summed E-state index contributed by atoms with van der Waals surface area (Å²) in [6.07, 6.45) is 1.56. The minimum atomic E-state index is -0.539. The maximum absolute atomic E-state index is 12.7. The lowest BCUT2D eigenvalue weighted by atomic mass is 10.1. The van der Waals surface area contributed by atoms with Gasteiger partial charge in [-0.2, -0.15) is 0 Å². The van der Waals surface area contributed by atoms with Crippen molar-refractivity contribution in [1.29, 1.82) is 0 Å². The number of benzene rings is 2. The van der Waals surface area contributed by atoms with E-state index in [1.807, 2.05) is 23.6 Å². The minimum Gasteiger partial charge on any atom is -0.347 e. The number of carbonyl (C=O) groups excluding carboxylic acids is 1. The van der Waals surface area contributed by atoms with Crippen LogP contribution in [0.15, 0.2) is 53.5 Å². The molecule has 1 N–H and O–H groups in total. The first kappa shape index (κ1) is 16.6. The summed E-state index contributed by atoms with van der Waals surface area (Å²) in [5.74, 6) is -0.539. The molecule has 4 nitrogen and oxygen atoms in total. The number of fused-ring (bicyclic) bond motifs is 1. The van der Waals surface area contributed by atoms with Gasteiger partial charge >= 0.3 is 0 Å². The molecule has 3 aromatic rings. The summed E-state index contributed by atoms with van der Waals surface area (Å²) >= 11 is 12.1. The summed E-state index contributed by atoms with van der Waals surface area (Å²) in [5, 5.41) is 3.76. The van der Waals surface area contributed by atoms with E-state index in [0.29, 0.717) is 27.7 Å². The Morgan fingerprint density at radius 1 is 1.08 bits per heavy atom. The highest BCUT2D eigenvalue weighted by molar-refractivity contribution is 6.40. The first-order chi connectivity index (χ1) is 11.5. The molecule has 0 saturated carbocycles. The smallest absolute Gasteiger partial charge is 0.261 e. The van der Waals surface area contributed by atoms with E-state index >= 15 is 0 Å². The third-order valence-electron chi connectivity index (χ3n) is 3.77. The van der Waals surface area contributed by atoms with Crippen LogP contribution in [0, 0.1) is 0 Å². The fourth-order valence-electron chi connectivity index (χ4n) is 2.57. The van der Waals surface area contributed by atoms with Crippen LogP contribution in [-0.4, -0.2) is 10.5 Å². The number of aromatic nitrogens is 1. The van der Waals surface area contributed by atoms with Crippen LogP contribution in [0.5, 0.6) is 0 Å². The summed E-state index contributed by atoms with van der Waals surface area (Å²) in [6, 6.07) is 12.1. The van der Waals surface area contributed by atoms with Gasteiger partial charge in [0, 0.05) is 18.1 Å². The van der Waals surface area contributed by atoms with E-state index in [0.717, 1.165) is 5.52 Å². The number of hydrogen-bond acceptors (Lipinski definition) is 2. The third kappa shape index (κ3) is 2.90. The van der Waals surface area contributed by atoms with Gasteiger partial charge in [0.25, 0.3) is 5.91 Å². The van der Waals surface area contributed by atoms with Crippen molar-refractivity contribution >= 4 is 45.7 Å². The summed E-state index contributed by atoms with van der Waals surface area (Å²) in [4.78, 5) is 25.3. The summed E-state index contributed by atoms with van der Waals surface area (Å²) < 4.78 is 1.86. The van der Waals surface area contributed by atoms with Gasteiger partial charge in [-0.05, 0) is 31.2 Å². The molecule has 0 aliphatic heterocycles. The number of rotatable bonds is 3. The van der Waals surface area contributed by atoms with Gasteiger partial charge in [0.05, 0.1) is 21.2 Å². The lowest BCUT2D eigenvalue weighted by Gasteiger charge is -2.13. The Bertz CT molecular complexity index is 976. The largest absolute Gasteiger partial charge is 0.347 e. The van der Waals surface area contributed by atoms with Crippen LogP contribution < -0.4 is 10.7 Å². The fourth-order valence-corrected chi connectivity index (χ4v) is 3.06. The minimum absolute atomic E-state index is 0.0477. The van der Waals surface area contributed by atoms with E-state index in [1.165, 1.54) is 0 Å². The Kier molecular flexibility index (Phi) is 4.60. The first-order valence-electron chi connectivity index (χ1n) is 7.40. The summed E-state index contributed by atoms with van der Waals surface area (Å²) in [7, 11) is 0. The van der Waals surface area contributed by atoms with Gasteiger partial charge in [0.2, 0.25) is 5.43 Å². The lowest BCUT2D eigenvalue weighted by Crippen LogP contribution is -2.24. The van der Waals surface area contributed by atoms with E-state index < -0.39 is 5.91 Å². The van der Waals surface area contributed by atoms with Gasteiger partial charge in [0.1, 0.15) is 5.56 Å². The third-order valence-corrected chi connectivity index (χ3v) is 4.40. The van der Waals surface area contributed by atoms with Crippen molar-refractivity contribution in [2.75, 3.05) is 5.32 Å². The maximum atomic E-state index is 12.7. The monoisotopic (exact) mass is 360 g/mol. The summed E-state index contributed by atoms with van der Waals surface area (Å²) in [5.41, 5.74) is 0.807. The van der Waals surface area contributed by atoms with Gasteiger partial charge in [-0.25, -0.2) is 0 Å². The molecule has 1 aromatic heterocycles. The molecule has 24 heavy (non-hydrogen) atoms. The van der Waals surface area contributed by atoms with Gasteiger partial charge in [-0.1, -0.05) is 41.4 Å². The van der Waals surface area contributed by atoms with Gasteiger partial charge in [-0.3, -0.25) is 9.59 Å². The molecule has 0 bridgehead atoms. The van der Waals surface area contributed by atoms with Crippen molar-refractivity contribution in [2.45, 2.75) is 13.5 Å². The fraction of sp³-hybridized carbons (Fsp3) is 0.111. The van der Waals surface area contributed by atoms with Crippen LogP contribution in [-0.2, 0) is 6.54 Å². The molecule has 6 heteroatoms. The second-order valence-corrected chi connectivity index (χ2v) is 6.04. The van der Waals surface area contributed by atoms with Crippen LogP contribution in [0.25, 0.3) is 10.9 Å². The number of nitrogens with one attached hydrogen (secondary N) is 1. The van der Waals surface area contributed by atoms with Crippen LogP contribution >= 0.6 is 23.2 Å². The van der Waals surface area contributed by atoms with E-state index in [4.69, 9.17) is 23.2 Å². The topological polar surface area (TPSA) is 51.1 Å². The van der Waals surface area contributed by atoms with Crippen LogP contribution in [0.3, 0.4) is 0 Å². The average molecular weight is 361 g/mol. The number of carbonyl (C=O) groups is 1. The normalized spacial score (nSPS) is 10.8. The molecule has 1 amide bonds. The zero-order valence-corrected chi connectivity index (χ0v) is 14.4. The van der Waals surface area contributed by atoms with Crippen molar-refractivity contribution in [3.63, 3.8) is 0 Å². The highest BCUT2D eigenvalue weighted by atomic mass is 35.5. The number of pyridine rings is 1. The molecule has 0 atom stereocenters. The number of aryl methyl sites for hydroxylation is 1. The van der Waals surface area contributed by atoms with E-state index in [9.17, 15) is 9.59 Å². The molecular formula is C18H14Cl2N2O2. The number of amides is 1. The SMILES string of the molecule is CCn1cc(C(=O)Nc2c(Cl)cccc2Cl)c(=O)c2ccccc21. The average Bonchev–Trinajstić information content (AvgIpc) is 2.59. The first-order valence-corrected chi connectivity index (χ1v) is 8.16. The van der Waals surface area contributed by atoms with E-state index in [2.05, 4.69) is 5.32 Å². The number of para-hydroxylation sites is 2. The Labute approximate surface area is 148 Å². The Morgan fingerprint density at radius 2 is 1.75 bits per heavy atom. The van der Waals surface area contributed by atoms with Gasteiger partial charge in [0.15, 0.2) is 0 Å². The highest BCUT2D eigenvalue weighted by Crippen LogP contribution is 2.30. The van der Waals surface area contributed by atoms with Crippen molar-refractivity contribution in [1.82, 2.24) is 4.57 Å². The Morgan fingerprint density at radius 3 is 2.42 bits per heavy atom. The zero-order valence-electron chi connectivity index (χ0n) is 12.8. The molecule has 3 rings (SSSR count). The predicted octanol–water partition coefficient (Wildman–Crippen LogP) is 4.58. The Hall–Kier alpha value is -2.30. The molecule has 0 fully saturated rings. The molecule has 122 valence electrons. The number of halogens is 2. The standard InChI is InChI=1S/C18H14Cl2N2O2/c1-2-22-10-12(17(23)11-6-3-4-9-15(11)22)18(24)21-16-13(19)7-5-8-14(16)20/h3-10H,2H2,1H3,(H,21,24). The van der Waals surface area contributed by atoms with E-state index in [1.54, 1.807) is 36.5 Å². The van der Waals surface area contributed by atoms with Gasteiger partial charge in [-0.15, -0.1) is 0 Å². The van der Waals surface area contributed by atoms with Crippen LogP contribution in [0.4, 0.5) is 5.69 Å². The molecule has 2 aromatic carbocycles. The zero-order chi connectivity index (χ0) is 17.3. The number of nitrogens with zero attached hydrogens (tertiary/aromatic N) is 1. The van der Waals surface area contributed by atoms with Crippen LogP contribution in [0.1, 0.15) is 17.3 Å². The highest BCUT2D eigenvalue weighted by Gasteiger charge is 2.17. The number of anilines is 1. The molecular weight excluding hydrogens is 347 g/mol. The van der Waals surface area contributed by atoms with Crippen molar-refractivity contribution in [3.8, 4) is 0 Å². The Balaban J connectivity index is 2.11. The van der Waals surface area contributed by atoms with Crippen molar-refractivity contribution in [3.05, 3.63) is 74.5 Å². The summed E-state index contributed by atoms with van der Waals surface area (Å²) in [6.45, 7) is 2.58. The second-order valence-electron chi connectivity index (χ2n) is 5.23. The predicted molar refractivity (Wildman–Crippen MR) is 98.3 cm³/mol. The molecule has 0 radical (unpaired) electrons. The molecule has 0 aliphatic rings. The number of hydrogen-bond donors (Lipinski definition) is 1. The van der Waals surface area contributed by atoms with Crippen LogP contribution in [0.2, 0.25) is 10.0 Å². The molecule has 0 unspecified atom stereocenters. The molecule has 0 aliphatic carbocycles. The molecule has 0 spiro atoms. The molecule has 1 heterocycles.